The highest BCUT2D eigenvalue weighted by Gasteiger charge is 2.19. The predicted octanol–water partition coefficient (Wildman–Crippen LogP) is 2.66. The Morgan fingerprint density at radius 1 is 1.00 bits per heavy atom. The van der Waals surface area contributed by atoms with E-state index >= 15 is 0 Å². The Labute approximate surface area is 173 Å². The largest absolute Gasteiger partial charge is 0.383 e. The second-order valence-corrected chi connectivity index (χ2v) is 7.37. The van der Waals surface area contributed by atoms with Crippen LogP contribution < -0.4 is 11.2 Å². The van der Waals surface area contributed by atoms with Gasteiger partial charge in [-0.2, -0.15) is 0 Å². The minimum absolute atomic E-state index is 0.172. The molecule has 2 heterocycles. The molecule has 0 radical (unpaired) electrons. The van der Waals surface area contributed by atoms with Crippen molar-refractivity contribution in [1.82, 2.24) is 18.7 Å². The fraction of sp³-hybridized carbons (Fsp3) is 0.261. The van der Waals surface area contributed by atoms with Crippen LogP contribution in [-0.2, 0) is 17.8 Å². The molecule has 0 saturated carbocycles. The summed E-state index contributed by atoms with van der Waals surface area (Å²) >= 11 is 0. The summed E-state index contributed by atoms with van der Waals surface area (Å²) in [4.78, 5) is 31.0. The molecule has 0 atom stereocenters. The maximum atomic E-state index is 13.3. The van der Waals surface area contributed by atoms with Gasteiger partial charge in [-0.3, -0.25) is 9.36 Å². The lowest BCUT2D eigenvalue weighted by Crippen LogP contribution is -2.41. The number of rotatable bonds is 6. The lowest BCUT2D eigenvalue weighted by atomic mass is 10.1. The van der Waals surface area contributed by atoms with Gasteiger partial charge >= 0.3 is 5.69 Å². The van der Waals surface area contributed by atoms with E-state index in [9.17, 15) is 9.59 Å². The molecule has 7 nitrogen and oxygen atoms in total. The number of aryl methyl sites for hydroxylation is 2. The minimum Gasteiger partial charge on any atom is -0.383 e. The Balaban J connectivity index is 1.98. The van der Waals surface area contributed by atoms with E-state index in [0.29, 0.717) is 23.4 Å². The van der Waals surface area contributed by atoms with Gasteiger partial charge in [0.15, 0.2) is 11.2 Å². The van der Waals surface area contributed by atoms with Gasteiger partial charge in [-0.05, 0) is 37.1 Å². The molecule has 0 aliphatic heterocycles. The maximum absolute atomic E-state index is 13.3. The van der Waals surface area contributed by atoms with E-state index in [1.165, 1.54) is 9.13 Å². The molecule has 0 N–H and O–H groups in total. The first kappa shape index (κ1) is 19.8. The predicted molar refractivity (Wildman–Crippen MR) is 116 cm³/mol. The molecule has 0 aliphatic carbocycles. The van der Waals surface area contributed by atoms with Crippen LogP contribution >= 0.6 is 0 Å². The molecular weight excluding hydrogens is 380 g/mol. The molecule has 0 spiro atoms. The fourth-order valence-corrected chi connectivity index (χ4v) is 3.58. The Morgan fingerprint density at radius 2 is 1.73 bits per heavy atom. The van der Waals surface area contributed by atoms with Crippen molar-refractivity contribution in [3.05, 3.63) is 92.4 Å². The Hall–Kier alpha value is -3.45. The summed E-state index contributed by atoms with van der Waals surface area (Å²) in [6, 6.07) is 15.6. The molecule has 4 aromatic rings. The molecule has 4 rings (SSSR count). The van der Waals surface area contributed by atoms with Crippen LogP contribution in [0.2, 0.25) is 0 Å². The highest BCUT2D eigenvalue weighted by molar-refractivity contribution is 5.72. The van der Waals surface area contributed by atoms with Crippen molar-refractivity contribution in [2.45, 2.75) is 26.9 Å². The van der Waals surface area contributed by atoms with E-state index in [2.05, 4.69) is 4.98 Å². The lowest BCUT2D eigenvalue weighted by molar-refractivity contribution is 0.184. The van der Waals surface area contributed by atoms with E-state index in [1.807, 2.05) is 66.9 Å². The fourth-order valence-electron chi connectivity index (χ4n) is 3.58. The standard InChI is InChI=1S/C23H24N4O3/c1-16-8-10-19(11-9-16)27-21-20(22(28)26(23(27)29)12-13-30-3)25(15-24-21)14-18-7-5-4-6-17(18)2/h4-11,15H,12-14H2,1-3H3. The van der Waals surface area contributed by atoms with Crippen LogP contribution in [0, 0.1) is 13.8 Å². The molecule has 0 saturated heterocycles. The summed E-state index contributed by atoms with van der Waals surface area (Å²) in [6.45, 7) is 4.95. The van der Waals surface area contributed by atoms with Crippen molar-refractivity contribution in [1.29, 1.82) is 0 Å². The van der Waals surface area contributed by atoms with E-state index in [4.69, 9.17) is 4.74 Å². The van der Waals surface area contributed by atoms with E-state index < -0.39 is 5.69 Å². The summed E-state index contributed by atoms with van der Waals surface area (Å²) in [7, 11) is 1.55. The third kappa shape index (κ3) is 3.48. The number of ether oxygens (including phenoxy) is 1. The van der Waals surface area contributed by atoms with Gasteiger partial charge in [0.05, 0.1) is 25.2 Å². The van der Waals surface area contributed by atoms with Crippen LogP contribution in [0.4, 0.5) is 0 Å². The Bertz CT molecular complexity index is 1310. The highest BCUT2D eigenvalue weighted by Crippen LogP contribution is 2.16. The maximum Gasteiger partial charge on any atom is 0.337 e. The molecule has 7 heteroatoms. The molecule has 2 aromatic carbocycles. The molecule has 2 aromatic heterocycles. The molecule has 0 aliphatic rings. The first-order chi connectivity index (χ1) is 14.5. The molecule has 154 valence electrons. The first-order valence-electron chi connectivity index (χ1n) is 9.82. The number of fused-ring (bicyclic) bond motifs is 1. The molecule has 0 unspecified atom stereocenters. The van der Waals surface area contributed by atoms with Crippen molar-refractivity contribution >= 4 is 11.2 Å². The van der Waals surface area contributed by atoms with Gasteiger partial charge in [0.25, 0.3) is 5.56 Å². The SMILES string of the molecule is COCCn1c(=O)c2c(ncn2Cc2ccccc2C)n(-c2ccc(C)cc2)c1=O. The zero-order valence-corrected chi connectivity index (χ0v) is 17.3. The number of methoxy groups -OCH3 is 1. The first-order valence-corrected chi connectivity index (χ1v) is 9.82. The summed E-state index contributed by atoms with van der Waals surface area (Å²) in [5.74, 6) is 0. The summed E-state index contributed by atoms with van der Waals surface area (Å²) < 4.78 is 9.66. The van der Waals surface area contributed by atoms with Gasteiger partial charge in [-0.15, -0.1) is 0 Å². The van der Waals surface area contributed by atoms with Gasteiger partial charge in [-0.1, -0.05) is 42.0 Å². The smallest absolute Gasteiger partial charge is 0.337 e. The number of imidazole rings is 1. The third-order valence-corrected chi connectivity index (χ3v) is 5.31. The Kier molecular flexibility index (Phi) is 5.37. The number of hydrogen-bond donors (Lipinski definition) is 0. The number of aromatic nitrogens is 4. The molecule has 30 heavy (non-hydrogen) atoms. The topological polar surface area (TPSA) is 71.1 Å². The normalized spacial score (nSPS) is 11.3. The molecule has 0 fully saturated rings. The van der Waals surface area contributed by atoms with Crippen molar-refractivity contribution in [3.8, 4) is 5.69 Å². The van der Waals surface area contributed by atoms with Crippen molar-refractivity contribution in [3.63, 3.8) is 0 Å². The van der Waals surface area contributed by atoms with Gasteiger partial charge < -0.3 is 9.30 Å². The van der Waals surface area contributed by atoms with Crippen LogP contribution in [-0.4, -0.2) is 32.4 Å². The summed E-state index contributed by atoms with van der Waals surface area (Å²) in [5, 5.41) is 0. The van der Waals surface area contributed by atoms with Crippen molar-refractivity contribution in [2.75, 3.05) is 13.7 Å². The second-order valence-electron chi connectivity index (χ2n) is 7.37. The molecular formula is C23H24N4O3. The number of hydrogen-bond acceptors (Lipinski definition) is 4. The summed E-state index contributed by atoms with van der Waals surface area (Å²) in [5.41, 5.74) is 3.95. The van der Waals surface area contributed by atoms with Crippen LogP contribution in [0.1, 0.15) is 16.7 Å². The molecule has 0 bridgehead atoms. The van der Waals surface area contributed by atoms with E-state index in [-0.39, 0.29) is 18.7 Å². The van der Waals surface area contributed by atoms with Gasteiger partial charge in [0.1, 0.15) is 0 Å². The van der Waals surface area contributed by atoms with Crippen molar-refractivity contribution in [2.24, 2.45) is 0 Å². The minimum atomic E-state index is -0.422. The average Bonchev–Trinajstić information content (AvgIpc) is 3.14. The van der Waals surface area contributed by atoms with Crippen molar-refractivity contribution < 1.29 is 4.74 Å². The van der Waals surface area contributed by atoms with Gasteiger partial charge in [0.2, 0.25) is 0 Å². The monoisotopic (exact) mass is 404 g/mol. The number of benzene rings is 2. The van der Waals surface area contributed by atoms with Gasteiger partial charge in [-0.25, -0.2) is 14.3 Å². The zero-order chi connectivity index (χ0) is 21.3. The number of nitrogens with zero attached hydrogens (tertiary/aromatic N) is 4. The Morgan fingerprint density at radius 3 is 2.43 bits per heavy atom. The van der Waals surface area contributed by atoms with Gasteiger partial charge in [0, 0.05) is 13.7 Å². The average molecular weight is 404 g/mol. The van der Waals surface area contributed by atoms with E-state index in [0.717, 1.165) is 16.7 Å². The highest BCUT2D eigenvalue weighted by atomic mass is 16.5. The quantitative estimate of drug-likeness (QED) is 0.495. The zero-order valence-electron chi connectivity index (χ0n) is 17.3. The lowest BCUT2D eigenvalue weighted by Gasteiger charge is -2.13. The second kappa shape index (κ2) is 8.12. The summed E-state index contributed by atoms with van der Waals surface area (Å²) in [6.07, 6.45) is 1.63. The van der Waals surface area contributed by atoms with Crippen LogP contribution in [0.25, 0.3) is 16.9 Å². The third-order valence-electron chi connectivity index (χ3n) is 5.31. The molecule has 0 amide bonds. The van der Waals surface area contributed by atoms with Crippen LogP contribution in [0.3, 0.4) is 0 Å². The van der Waals surface area contributed by atoms with Crippen LogP contribution in [0.15, 0.2) is 64.4 Å². The van der Waals surface area contributed by atoms with E-state index in [1.54, 1.807) is 13.4 Å². The van der Waals surface area contributed by atoms with Crippen LogP contribution in [0.5, 0.6) is 0 Å².